The van der Waals surface area contributed by atoms with Crippen molar-refractivity contribution in [3.63, 3.8) is 0 Å². The van der Waals surface area contributed by atoms with Crippen molar-refractivity contribution in [2.75, 3.05) is 25.5 Å². The molecule has 0 amide bonds. The summed E-state index contributed by atoms with van der Waals surface area (Å²) in [5, 5.41) is 7.54. The molecular formula is C26H29ClN4O3. The van der Waals surface area contributed by atoms with Crippen molar-refractivity contribution < 1.29 is 9.53 Å². The zero-order valence-corrected chi connectivity index (χ0v) is 20.2. The lowest BCUT2D eigenvalue weighted by atomic mass is 9.99. The average Bonchev–Trinajstić information content (AvgIpc) is 2.85. The van der Waals surface area contributed by atoms with Gasteiger partial charge in [0.25, 0.3) is 5.56 Å². The first kappa shape index (κ1) is 24.0. The minimum Gasteiger partial charge on any atom is -0.465 e. The van der Waals surface area contributed by atoms with Gasteiger partial charge in [0, 0.05) is 19.6 Å². The fourth-order valence-electron chi connectivity index (χ4n) is 4.41. The van der Waals surface area contributed by atoms with E-state index in [0.29, 0.717) is 17.9 Å². The Morgan fingerprint density at radius 2 is 1.91 bits per heavy atom. The topological polar surface area (TPSA) is 76.5 Å². The summed E-state index contributed by atoms with van der Waals surface area (Å²) in [6.45, 7) is 5.96. The summed E-state index contributed by atoms with van der Waals surface area (Å²) in [5.41, 5.74) is 2.88. The lowest BCUT2D eigenvalue weighted by molar-refractivity contribution is 0.0600. The van der Waals surface area contributed by atoms with Crippen LogP contribution in [0.25, 0.3) is 5.69 Å². The number of hydrogen-bond donors (Lipinski definition) is 1. The van der Waals surface area contributed by atoms with E-state index in [2.05, 4.69) is 40.4 Å². The number of benzene rings is 2. The first-order valence-electron chi connectivity index (χ1n) is 11.5. The molecule has 0 saturated carbocycles. The van der Waals surface area contributed by atoms with E-state index in [-0.39, 0.29) is 10.6 Å². The van der Waals surface area contributed by atoms with Gasteiger partial charge in [0.05, 0.1) is 30.2 Å². The van der Waals surface area contributed by atoms with Crippen molar-refractivity contribution in [2.24, 2.45) is 5.92 Å². The molecule has 2 aromatic carbocycles. The Hall–Kier alpha value is -3.16. The lowest BCUT2D eigenvalue weighted by Gasteiger charge is -2.31. The van der Waals surface area contributed by atoms with Gasteiger partial charge >= 0.3 is 5.97 Å². The lowest BCUT2D eigenvalue weighted by Crippen LogP contribution is -2.34. The number of halogens is 1. The maximum absolute atomic E-state index is 13.0. The summed E-state index contributed by atoms with van der Waals surface area (Å²) in [6, 6.07) is 14.9. The highest BCUT2D eigenvalue weighted by atomic mass is 35.5. The van der Waals surface area contributed by atoms with E-state index in [1.807, 2.05) is 6.07 Å². The molecule has 3 aromatic rings. The first-order valence-corrected chi connectivity index (χ1v) is 11.8. The van der Waals surface area contributed by atoms with Gasteiger partial charge < -0.3 is 10.1 Å². The van der Waals surface area contributed by atoms with Crippen LogP contribution in [0.5, 0.6) is 0 Å². The van der Waals surface area contributed by atoms with Gasteiger partial charge in [0.2, 0.25) is 0 Å². The predicted octanol–water partition coefficient (Wildman–Crippen LogP) is 4.52. The van der Waals surface area contributed by atoms with Crippen LogP contribution in [0, 0.1) is 5.92 Å². The molecule has 8 heteroatoms. The standard InChI is InChI=1S/C26H29ClN4O3/c1-18-8-7-13-30(16-18)17-20-10-4-3-9-19(20)14-28-22-15-29-31(25(32)24(22)27)23-12-6-5-11-21(23)26(33)34-2/h3-6,9-12,15,18,28H,7-8,13-14,16-17H2,1-2H3. The van der Waals surface area contributed by atoms with Crippen LogP contribution in [0.2, 0.25) is 5.02 Å². The van der Waals surface area contributed by atoms with Crippen LogP contribution in [0.15, 0.2) is 59.5 Å². The summed E-state index contributed by atoms with van der Waals surface area (Å²) < 4.78 is 5.94. The molecule has 0 radical (unpaired) electrons. The minimum atomic E-state index is -0.553. The normalized spacial score (nSPS) is 16.3. The van der Waals surface area contributed by atoms with Crippen LogP contribution >= 0.6 is 11.6 Å². The second-order valence-electron chi connectivity index (χ2n) is 8.70. The zero-order chi connectivity index (χ0) is 24.1. The van der Waals surface area contributed by atoms with Crippen LogP contribution in [-0.4, -0.2) is 40.8 Å². The van der Waals surface area contributed by atoms with Crippen molar-refractivity contribution in [3.05, 3.63) is 86.8 Å². The zero-order valence-electron chi connectivity index (χ0n) is 19.5. The molecule has 1 aliphatic rings. The molecule has 1 fully saturated rings. The van der Waals surface area contributed by atoms with Crippen LogP contribution in [0.1, 0.15) is 41.3 Å². The fourth-order valence-corrected chi connectivity index (χ4v) is 4.61. The number of esters is 1. The van der Waals surface area contributed by atoms with Gasteiger partial charge in [0.1, 0.15) is 5.02 Å². The highest BCUT2D eigenvalue weighted by Crippen LogP contribution is 2.22. The summed E-state index contributed by atoms with van der Waals surface area (Å²) in [7, 11) is 1.29. The van der Waals surface area contributed by atoms with Crippen LogP contribution in [0.3, 0.4) is 0 Å². The number of nitrogens with one attached hydrogen (secondary N) is 1. The second kappa shape index (κ2) is 10.8. The maximum atomic E-state index is 13.0. The van der Waals surface area contributed by atoms with Crippen LogP contribution in [-0.2, 0) is 17.8 Å². The number of carbonyl (C=O) groups is 1. The van der Waals surface area contributed by atoms with E-state index in [4.69, 9.17) is 16.3 Å². The van der Waals surface area contributed by atoms with E-state index in [1.54, 1.807) is 24.3 Å². The molecule has 4 rings (SSSR count). The SMILES string of the molecule is COC(=O)c1ccccc1-n1ncc(NCc2ccccc2CN2CCCC(C)C2)c(Cl)c1=O. The molecule has 34 heavy (non-hydrogen) atoms. The molecule has 178 valence electrons. The van der Waals surface area contributed by atoms with Gasteiger partial charge in [-0.25, -0.2) is 4.79 Å². The molecule has 1 aliphatic heterocycles. The molecule has 7 nitrogen and oxygen atoms in total. The Bertz CT molecular complexity index is 1230. The summed E-state index contributed by atoms with van der Waals surface area (Å²) in [6.07, 6.45) is 4.03. The Balaban J connectivity index is 1.53. The number of rotatable bonds is 7. The van der Waals surface area contributed by atoms with Gasteiger partial charge in [-0.05, 0) is 48.6 Å². The molecule has 0 aliphatic carbocycles. The van der Waals surface area contributed by atoms with Gasteiger partial charge in [-0.2, -0.15) is 9.78 Å². The van der Waals surface area contributed by atoms with Crippen LogP contribution < -0.4 is 10.9 Å². The number of piperidine rings is 1. The maximum Gasteiger partial charge on any atom is 0.340 e. The Morgan fingerprint density at radius 3 is 2.68 bits per heavy atom. The van der Waals surface area contributed by atoms with Crippen molar-refractivity contribution in [1.82, 2.24) is 14.7 Å². The molecule has 2 heterocycles. The number of methoxy groups -OCH3 is 1. The molecular weight excluding hydrogens is 452 g/mol. The Kier molecular flexibility index (Phi) is 7.65. The number of para-hydroxylation sites is 1. The third-order valence-corrected chi connectivity index (χ3v) is 6.54. The molecule has 1 saturated heterocycles. The molecule has 1 N–H and O–H groups in total. The number of anilines is 1. The molecule has 1 unspecified atom stereocenters. The number of hydrogen-bond acceptors (Lipinski definition) is 6. The van der Waals surface area contributed by atoms with Gasteiger partial charge in [-0.3, -0.25) is 9.69 Å². The van der Waals surface area contributed by atoms with E-state index in [1.165, 1.54) is 31.7 Å². The Morgan fingerprint density at radius 1 is 1.18 bits per heavy atom. The van der Waals surface area contributed by atoms with E-state index in [0.717, 1.165) is 35.8 Å². The molecule has 1 atom stereocenters. The highest BCUT2D eigenvalue weighted by molar-refractivity contribution is 6.32. The molecule has 0 spiro atoms. The third kappa shape index (κ3) is 5.32. The predicted molar refractivity (Wildman–Crippen MR) is 134 cm³/mol. The Labute approximate surface area is 204 Å². The second-order valence-corrected chi connectivity index (χ2v) is 9.08. The first-order chi connectivity index (χ1) is 16.5. The van der Waals surface area contributed by atoms with Crippen LogP contribution in [0.4, 0.5) is 5.69 Å². The van der Waals surface area contributed by atoms with Gasteiger partial charge in [-0.15, -0.1) is 0 Å². The van der Waals surface area contributed by atoms with E-state index in [9.17, 15) is 9.59 Å². The summed E-state index contributed by atoms with van der Waals surface area (Å²) in [4.78, 5) is 27.6. The number of carbonyl (C=O) groups excluding carboxylic acids is 1. The average molecular weight is 481 g/mol. The number of aromatic nitrogens is 2. The van der Waals surface area contributed by atoms with E-state index >= 15 is 0 Å². The summed E-state index contributed by atoms with van der Waals surface area (Å²) >= 11 is 6.43. The van der Waals surface area contributed by atoms with Crippen molar-refractivity contribution in [3.8, 4) is 5.69 Å². The minimum absolute atomic E-state index is 0.0111. The van der Waals surface area contributed by atoms with Gasteiger partial charge in [-0.1, -0.05) is 54.9 Å². The number of ether oxygens (including phenoxy) is 1. The quantitative estimate of drug-likeness (QED) is 0.501. The molecule has 1 aromatic heterocycles. The smallest absolute Gasteiger partial charge is 0.340 e. The van der Waals surface area contributed by atoms with E-state index < -0.39 is 11.5 Å². The summed E-state index contributed by atoms with van der Waals surface area (Å²) in [5.74, 6) is 0.169. The fraction of sp³-hybridized carbons (Fsp3) is 0.346. The van der Waals surface area contributed by atoms with Crippen molar-refractivity contribution in [1.29, 1.82) is 0 Å². The monoisotopic (exact) mass is 480 g/mol. The van der Waals surface area contributed by atoms with Gasteiger partial charge in [0.15, 0.2) is 0 Å². The van der Waals surface area contributed by atoms with Crippen molar-refractivity contribution >= 4 is 23.3 Å². The molecule has 0 bridgehead atoms. The van der Waals surface area contributed by atoms with Crippen molar-refractivity contribution in [2.45, 2.75) is 32.9 Å². The third-order valence-electron chi connectivity index (χ3n) is 6.18. The number of likely N-dealkylation sites (tertiary alicyclic amines) is 1. The highest BCUT2D eigenvalue weighted by Gasteiger charge is 2.19. The largest absolute Gasteiger partial charge is 0.465 e. The number of nitrogens with zero attached hydrogens (tertiary/aromatic N) is 3.